The molecule has 0 amide bonds. The minimum Gasteiger partial charge on any atom is -0.256 e. The summed E-state index contributed by atoms with van der Waals surface area (Å²) in [6, 6.07) is 4.11. The molecule has 1 heteroatoms. The maximum Gasteiger partial charge on any atom is 0.0690 e. The Labute approximate surface area is 79.8 Å². The molecule has 0 bridgehead atoms. The number of hydrogen-bond acceptors (Lipinski definition) is 1. The van der Waals surface area contributed by atoms with Gasteiger partial charge in [0.25, 0.3) is 0 Å². The fourth-order valence-electron chi connectivity index (χ4n) is 1.53. The quantitative estimate of drug-likeness (QED) is 0.668. The second-order valence-corrected chi connectivity index (χ2v) is 3.04. The van der Waals surface area contributed by atoms with Crippen molar-refractivity contribution in [2.75, 3.05) is 0 Å². The zero-order chi connectivity index (χ0) is 9.68. The Bertz CT molecular complexity index is 370. The first kappa shape index (κ1) is 9.97. The van der Waals surface area contributed by atoms with Crippen molar-refractivity contribution < 1.29 is 0 Å². The van der Waals surface area contributed by atoms with Gasteiger partial charge in [-0.05, 0) is 36.6 Å². The van der Waals surface area contributed by atoms with E-state index in [0.29, 0.717) is 0 Å². The van der Waals surface area contributed by atoms with Crippen LogP contribution in [0.4, 0.5) is 0 Å². The van der Waals surface area contributed by atoms with E-state index in [4.69, 9.17) is 0 Å². The van der Waals surface area contributed by atoms with Crippen molar-refractivity contribution in [3.8, 4) is 0 Å². The van der Waals surface area contributed by atoms with Crippen molar-refractivity contribution in [2.45, 2.75) is 33.6 Å². The highest BCUT2D eigenvalue weighted by Crippen LogP contribution is 2.01. The van der Waals surface area contributed by atoms with Gasteiger partial charge in [-0.15, -0.1) is 0 Å². The third-order valence-electron chi connectivity index (χ3n) is 2.34. The molecule has 70 valence electrons. The molecular formula is C12H17N. The highest BCUT2D eigenvalue weighted by molar-refractivity contribution is 5.42. The molecule has 13 heavy (non-hydrogen) atoms. The third-order valence-corrected chi connectivity index (χ3v) is 2.34. The Hall–Kier alpha value is -1.11. The molecule has 1 aromatic heterocycles. The van der Waals surface area contributed by atoms with E-state index in [1.54, 1.807) is 0 Å². The van der Waals surface area contributed by atoms with Gasteiger partial charge in [0.05, 0.1) is 5.35 Å². The number of aromatic nitrogens is 1. The van der Waals surface area contributed by atoms with Crippen molar-refractivity contribution in [2.24, 2.45) is 0 Å². The van der Waals surface area contributed by atoms with Crippen LogP contribution >= 0.6 is 0 Å². The van der Waals surface area contributed by atoms with Gasteiger partial charge in [-0.1, -0.05) is 26.0 Å². The smallest absolute Gasteiger partial charge is 0.0690 e. The summed E-state index contributed by atoms with van der Waals surface area (Å²) in [7, 11) is 0. The van der Waals surface area contributed by atoms with E-state index in [1.807, 2.05) is 12.3 Å². The van der Waals surface area contributed by atoms with E-state index in [2.05, 4.69) is 37.9 Å². The molecule has 0 fully saturated rings. The van der Waals surface area contributed by atoms with Gasteiger partial charge < -0.3 is 0 Å². The molecule has 0 aliphatic rings. The normalized spacial score (nSPS) is 11.8. The minimum absolute atomic E-state index is 1.09. The first-order valence-corrected chi connectivity index (χ1v) is 4.92. The molecule has 0 spiro atoms. The topological polar surface area (TPSA) is 12.9 Å². The highest BCUT2D eigenvalue weighted by Gasteiger charge is 1.93. The standard InChI is InChI=1S/C12H17N/c1-4-10(5-2)12-11(6-3)8-7-9-13-12/h6-9H,4-5H2,1-3H3/b11-6-. The van der Waals surface area contributed by atoms with Crippen molar-refractivity contribution in [3.63, 3.8) is 0 Å². The summed E-state index contributed by atoms with van der Waals surface area (Å²) in [5.74, 6) is 0. The van der Waals surface area contributed by atoms with E-state index in [-0.39, 0.29) is 0 Å². The number of nitrogens with zero attached hydrogens (tertiary/aromatic N) is 1. The monoisotopic (exact) mass is 175 g/mol. The van der Waals surface area contributed by atoms with Gasteiger partial charge in [0.15, 0.2) is 0 Å². The lowest BCUT2D eigenvalue weighted by Crippen LogP contribution is -2.29. The van der Waals surface area contributed by atoms with Crippen LogP contribution in [-0.4, -0.2) is 4.98 Å². The Morgan fingerprint density at radius 3 is 2.62 bits per heavy atom. The first-order valence-electron chi connectivity index (χ1n) is 4.92. The lowest BCUT2D eigenvalue weighted by molar-refractivity contribution is 1.05. The second-order valence-electron chi connectivity index (χ2n) is 3.04. The summed E-state index contributed by atoms with van der Waals surface area (Å²) in [6.45, 7) is 6.43. The number of rotatable bonds is 2. The van der Waals surface area contributed by atoms with Gasteiger partial charge in [-0.2, -0.15) is 0 Å². The average molecular weight is 175 g/mol. The summed E-state index contributed by atoms with van der Waals surface area (Å²) in [5.41, 5.74) is 1.44. The maximum atomic E-state index is 4.42. The Morgan fingerprint density at radius 1 is 1.38 bits per heavy atom. The summed E-state index contributed by atoms with van der Waals surface area (Å²) < 4.78 is 0. The van der Waals surface area contributed by atoms with E-state index < -0.39 is 0 Å². The highest BCUT2D eigenvalue weighted by atomic mass is 14.6. The Balaban J connectivity index is 3.51. The number of pyridine rings is 1. The van der Waals surface area contributed by atoms with Crippen molar-refractivity contribution in [1.29, 1.82) is 0 Å². The summed E-state index contributed by atoms with van der Waals surface area (Å²) in [6.07, 6.45) is 6.17. The van der Waals surface area contributed by atoms with Crippen LogP contribution in [0.25, 0.3) is 11.6 Å². The minimum atomic E-state index is 1.09. The molecule has 0 atom stereocenters. The summed E-state index contributed by atoms with van der Waals surface area (Å²) in [5, 5.41) is 2.43. The average Bonchev–Trinajstić information content (AvgIpc) is 2.20. The predicted molar refractivity (Wildman–Crippen MR) is 57.6 cm³/mol. The molecular weight excluding hydrogens is 158 g/mol. The first-order chi connectivity index (χ1) is 6.33. The summed E-state index contributed by atoms with van der Waals surface area (Å²) in [4.78, 5) is 4.42. The van der Waals surface area contributed by atoms with Crippen molar-refractivity contribution in [1.82, 2.24) is 4.98 Å². The molecule has 0 N–H and O–H groups in total. The molecule has 0 aliphatic heterocycles. The molecule has 0 unspecified atom stereocenters. The predicted octanol–water partition coefficient (Wildman–Crippen LogP) is 1.85. The van der Waals surface area contributed by atoms with Gasteiger partial charge in [-0.25, -0.2) is 0 Å². The van der Waals surface area contributed by atoms with Crippen LogP contribution in [0.2, 0.25) is 0 Å². The van der Waals surface area contributed by atoms with E-state index in [0.717, 1.165) is 12.8 Å². The van der Waals surface area contributed by atoms with Crippen LogP contribution in [-0.2, 0) is 0 Å². The molecule has 0 saturated carbocycles. The fraction of sp³-hybridized carbons (Fsp3) is 0.417. The van der Waals surface area contributed by atoms with Crippen LogP contribution in [0.3, 0.4) is 0 Å². The van der Waals surface area contributed by atoms with E-state index in [9.17, 15) is 0 Å². The van der Waals surface area contributed by atoms with Crippen LogP contribution in [0.15, 0.2) is 18.3 Å². The van der Waals surface area contributed by atoms with Gasteiger partial charge in [0, 0.05) is 6.20 Å². The molecule has 0 aromatic carbocycles. The van der Waals surface area contributed by atoms with Gasteiger partial charge >= 0.3 is 0 Å². The summed E-state index contributed by atoms with van der Waals surface area (Å²) >= 11 is 0. The zero-order valence-electron chi connectivity index (χ0n) is 8.67. The van der Waals surface area contributed by atoms with Gasteiger partial charge in [-0.3, -0.25) is 4.98 Å². The molecule has 1 nitrogen and oxygen atoms in total. The lowest BCUT2D eigenvalue weighted by atomic mass is 10.1. The molecule has 0 saturated heterocycles. The molecule has 1 rings (SSSR count). The SMILES string of the molecule is C/C=c1/cccnc1=C(CC)CC. The van der Waals surface area contributed by atoms with Gasteiger partial charge in [0.1, 0.15) is 0 Å². The van der Waals surface area contributed by atoms with Crippen molar-refractivity contribution >= 4 is 11.6 Å². The lowest BCUT2D eigenvalue weighted by Gasteiger charge is -1.99. The maximum absolute atomic E-state index is 4.42. The van der Waals surface area contributed by atoms with Crippen LogP contribution in [0, 0.1) is 0 Å². The van der Waals surface area contributed by atoms with E-state index >= 15 is 0 Å². The van der Waals surface area contributed by atoms with Crippen LogP contribution < -0.4 is 10.6 Å². The number of hydrogen-bond donors (Lipinski definition) is 0. The molecule has 1 aromatic rings. The third kappa shape index (κ3) is 2.18. The molecule has 0 aliphatic carbocycles. The van der Waals surface area contributed by atoms with Crippen LogP contribution in [0.5, 0.6) is 0 Å². The Morgan fingerprint density at radius 2 is 2.08 bits per heavy atom. The van der Waals surface area contributed by atoms with E-state index in [1.165, 1.54) is 16.1 Å². The molecule has 0 radical (unpaired) electrons. The van der Waals surface area contributed by atoms with Gasteiger partial charge in [0.2, 0.25) is 0 Å². The second kappa shape index (κ2) is 4.80. The molecule has 1 heterocycles. The van der Waals surface area contributed by atoms with Crippen LogP contribution in [0.1, 0.15) is 33.6 Å². The Kier molecular flexibility index (Phi) is 3.69. The fourth-order valence-corrected chi connectivity index (χ4v) is 1.53. The largest absolute Gasteiger partial charge is 0.256 e. The zero-order valence-corrected chi connectivity index (χ0v) is 8.67. The van der Waals surface area contributed by atoms with Crippen molar-refractivity contribution in [3.05, 3.63) is 28.9 Å².